The van der Waals surface area contributed by atoms with Crippen LogP contribution in [0, 0.1) is 0 Å². The largest absolute Gasteiger partial charge is 0.573 e. The van der Waals surface area contributed by atoms with Gasteiger partial charge in [0.25, 0.3) is 5.91 Å². The summed E-state index contributed by atoms with van der Waals surface area (Å²) in [6, 6.07) is 6.26. The number of aliphatic hydroxyl groups is 1. The van der Waals surface area contributed by atoms with Gasteiger partial charge in [0.1, 0.15) is 17.3 Å². The van der Waals surface area contributed by atoms with Crippen molar-refractivity contribution in [2.45, 2.75) is 12.4 Å². The summed E-state index contributed by atoms with van der Waals surface area (Å²) in [6.45, 7) is 0. The molecule has 1 N–H and O–H groups in total. The minimum atomic E-state index is -5.02. The topological polar surface area (TPSA) is 106 Å². The number of carbonyl (C=O) groups is 2. The molecular weight excluding hydrogens is 427 g/mol. The molecule has 0 saturated heterocycles. The van der Waals surface area contributed by atoms with E-state index in [1.54, 1.807) is 0 Å². The Morgan fingerprint density at radius 2 is 2.00 bits per heavy atom. The molecule has 30 heavy (non-hydrogen) atoms. The van der Waals surface area contributed by atoms with E-state index in [2.05, 4.69) is 14.9 Å². The Kier molecular flexibility index (Phi) is 4.78. The number of rotatable bonds is 5. The molecule has 8 nitrogen and oxygen atoms in total. The summed E-state index contributed by atoms with van der Waals surface area (Å²) in [6.07, 6.45) is -3.82. The van der Waals surface area contributed by atoms with Gasteiger partial charge in [0.15, 0.2) is 11.5 Å². The van der Waals surface area contributed by atoms with Crippen LogP contribution in [0.3, 0.4) is 0 Å². The van der Waals surface area contributed by atoms with Crippen LogP contribution in [-0.2, 0) is 4.79 Å². The molecule has 1 atom stereocenters. The number of aromatic nitrogens is 2. The van der Waals surface area contributed by atoms with Gasteiger partial charge in [-0.05, 0) is 18.2 Å². The number of Topliss-reactive ketones (excluding diaryl/α,β-unsaturated/α-hetero) is 1. The monoisotopic (exact) mass is 437 g/mol. The minimum absolute atomic E-state index is 0.0272. The van der Waals surface area contributed by atoms with Crippen LogP contribution in [0.25, 0.3) is 0 Å². The highest BCUT2D eigenvalue weighted by Gasteiger charge is 2.48. The molecule has 154 valence electrons. The SMILES string of the molecule is O=C(C1=C(O)C(=O)N(c2nncs2)C1c1ccccc1OC(F)(F)F)c1ccco1. The summed E-state index contributed by atoms with van der Waals surface area (Å²) < 4.78 is 48.0. The van der Waals surface area contributed by atoms with Gasteiger partial charge in [-0.1, -0.05) is 29.5 Å². The number of benzene rings is 1. The molecular formula is C18H10F3N3O5S. The van der Waals surface area contributed by atoms with Crippen LogP contribution in [0.5, 0.6) is 5.75 Å². The zero-order chi connectivity index (χ0) is 21.5. The van der Waals surface area contributed by atoms with Crippen LogP contribution in [0.2, 0.25) is 0 Å². The van der Waals surface area contributed by atoms with E-state index >= 15 is 0 Å². The van der Waals surface area contributed by atoms with Crippen LogP contribution in [-0.4, -0.2) is 33.4 Å². The summed E-state index contributed by atoms with van der Waals surface area (Å²) in [7, 11) is 0. The number of alkyl halides is 3. The number of hydrogen-bond acceptors (Lipinski definition) is 8. The number of anilines is 1. The Hall–Kier alpha value is -3.67. The maximum Gasteiger partial charge on any atom is 0.573 e. The van der Waals surface area contributed by atoms with Crippen molar-refractivity contribution in [2.75, 3.05) is 4.90 Å². The van der Waals surface area contributed by atoms with Crippen molar-refractivity contribution in [1.29, 1.82) is 0 Å². The first-order chi connectivity index (χ1) is 14.3. The lowest BCUT2D eigenvalue weighted by molar-refractivity contribution is -0.274. The zero-order valence-corrected chi connectivity index (χ0v) is 15.5. The minimum Gasteiger partial charge on any atom is -0.503 e. The summed E-state index contributed by atoms with van der Waals surface area (Å²) in [5.74, 6) is -3.67. The molecule has 0 bridgehead atoms. The fourth-order valence-electron chi connectivity index (χ4n) is 3.07. The number of nitrogens with zero attached hydrogens (tertiary/aromatic N) is 3. The molecule has 1 unspecified atom stereocenters. The number of hydrogen-bond donors (Lipinski definition) is 1. The summed E-state index contributed by atoms with van der Waals surface area (Å²) in [5.41, 5.74) is 0.641. The number of ketones is 1. The number of ether oxygens (including phenoxy) is 1. The van der Waals surface area contributed by atoms with E-state index in [9.17, 15) is 27.9 Å². The zero-order valence-electron chi connectivity index (χ0n) is 14.7. The second kappa shape index (κ2) is 7.30. The van der Waals surface area contributed by atoms with Crippen molar-refractivity contribution in [1.82, 2.24) is 10.2 Å². The molecule has 3 aromatic rings. The average molecular weight is 437 g/mol. The number of amides is 1. The lowest BCUT2D eigenvalue weighted by Crippen LogP contribution is -2.31. The Morgan fingerprint density at radius 1 is 1.23 bits per heavy atom. The smallest absolute Gasteiger partial charge is 0.503 e. The summed E-state index contributed by atoms with van der Waals surface area (Å²) in [5, 5.41) is 17.8. The molecule has 0 spiro atoms. The molecule has 0 saturated carbocycles. The molecule has 1 amide bonds. The van der Waals surface area contributed by atoms with E-state index < -0.39 is 41.2 Å². The summed E-state index contributed by atoms with van der Waals surface area (Å²) >= 11 is 0.902. The third-order valence-electron chi connectivity index (χ3n) is 4.19. The third kappa shape index (κ3) is 3.41. The molecule has 1 aliphatic rings. The number of furan rings is 1. The predicted octanol–water partition coefficient (Wildman–Crippen LogP) is 3.81. The van der Waals surface area contributed by atoms with Crippen LogP contribution in [0.1, 0.15) is 22.2 Å². The van der Waals surface area contributed by atoms with Crippen LogP contribution in [0.4, 0.5) is 18.3 Å². The highest BCUT2D eigenvalue weighted by atomic mass is 32.1. The lowest BCUT2D eigenvalue weighted by atomic mass is 9.94. The molecule has 1 aliphatic heterocycles. The van der Waals surface area contributed by atoms with E-state index in [0.29, 0.717) is 0 Å². The van der Waals surface area contributed by atoms with Gasteiger partial charge in [0.05, 0.1) is 11.8 Å². The molecule has 0 aliphatic carbocycles. The van der Waals surface area contributed by atoms with Crippen molar-refractivity contribution in [2.24, 2.45) is 0 Å². The van der Waals surface area contributed by atoms with E-state index in [1.165, 1.54) is 42.1 Å². The Labute approximate surface area is 169 Å². The Morgan fingerprint density at radius 3 is 2.63 bits per heavy atom. The third-order valence-corrected chi connectivity index (χ3v) is 4.88. The quantitative estimate of drug-likeness (QED) is 0.605. The lowest BCUT2D eigenvalue weighted by Gasteiger charge is -2.25. The molecule has 3 heterocycles. The van der Waals surface area contributed by atoms with Gasteiger partial charge in [-0.2, -0.15) is 0 Å². The Bertz CT molecular complexity index is 1130. The molecule has 2 aromatic heterocycles. The summed E-state index contributed by atoms with van der Waals surface area (Å²) in [4.78, 5) is 26.6. The van der Waals surface area contributed by atoms with E-state index in [4.69, 9.17) is 4.42 Å². The van der Waals surface area contributed by atoms with Crippen molar-refractivity contribution in [3.63, 3.8) is 0 Å². The first-order valence-electron chi connectivity index (χ1n) is 8.23. The molecule has 0 fully saturated rings. The van der Waals surface area contributed by atoms with E-state index in [1.807, 2.05) is 0 Å². The maximum atomic E-state index is 13.0. The molecule has 4 rings (SSSR count). The number of para-hydroxylation sites is 1. The number of halogens is 3. The first-order valence-corrected chi connectivity index (χ1v) is 9.11. The second-order valence-corrected chi connectivity index (χ2v) is 6.77. The maximum absolute atomic E-state index is 13.0. The highest BCUT2D eigenvalue weighted by Crippen LogP contribution is 2.45. The number of aliphatic hydroxyl groups excluding tert-OH is 1. The van der Waals surface area contributed by atoms with E-state index in [-0.39, 0.29) is 16.5 Å². The Balaban J connectivity index is 1.90. The van der Waals surface area contributed by atoms with Gasteiger partial charge < -0.3 is 14.3 Å². The average Bonchev–Trinajstić information content (AvgIpc) is 3.43. The van der Waals surface area contributed by atoms with Crippen LogP contribution >= 0.6 is 11.3 Å². The first kappa shape index (κ1) is 19.6. The molecule has 12 heteroatoms. The normalized spacial score (nSPS) is 17.0. The molecule has 1 aromatic carbocycles. The van der Waals surface area contributed by atoms with Gasteiger partial charge in [-0.25, -0.2) is 0 Å². The van der Waals surface area contributed by atoms with Crippen LogP contribution < -0.4 is 9.64 Å². The van der Waals surface area contributed by atoms with Gasteiger partial charge in [-0.3, -0.25) is 14.5 Å². The second-order valence-electron chi connectivity index (χ2n) is 5.95. The standard InChI is InChI=1S/C18H10F3N3O5S/c19-18(20,21)29-10-5-2-1-4-9(10)13-12(14(25)11-6-3-7-28-11)15(26)16(27)24(13)17-23-22-8-30-17/h1-8,13,26H. The van der Waals surface area contributed by atoms with Gasteiger partial charge in [-0.15, -0.1) is 23.4 Å². The highest BCUT2D eigenvalue weighted by molar-refractivity contribution is 7.13. The molecule has 0 radical (unpaired) electrons. The van der Waals surface area contributed by atoms with Crippen LogP contribution in [0.15, 0.2) is 63.9 Å². The van der Waals surface area contributed by atoms with Crippen molar-refractivity contribution in [3.8, 4) is 5.75 Å². The van der Waals surface area contributed by atoms with Crippen molar-refractivity contribution in [3.05, 3.63) is 70.8 Å². The fraction of sp³-hybridized carbons (Fsp3) is 0.111. The van der Waals surface area contributed by atoms with Gasteiger partial charge in [0, 0.05) is 5.56 Å². The van der Waals surface area contributed by atoms with Gasteiger partial charge in [0.2, 0.25) is 10.9 Å². The van der Waals surface area contributed by atoms with Crippen molar-refractivity contribution >= 4 is 28.2 Å². The van der Waals surface area contributed by atoms with E-state index in [0.717, 1.165) is 22.3 Å². The number of carbonyl (C=O) groups excluding carboxylic acids is 2. The van der Waals surface area contributed by atoms with Crippen molar-refractivity contribution < 1.29 is 37.0 Å². The van der Waals surface area contributed by atoms with Gasteiger partial charge >= 0.3 is 6.36 Å². The predicted molar refractivity (Wildman–Crippen MR) is 96.0 cm³/mol. The fourth-order valence-corrected chi connectivity index (χ4v) is 3.65.